The van der Waals surface area contributed by atoms with Crippen LogP contribution in [0.1, 0.15) is 5.56 Å². The number of aromatic nitrogens is 4. The van der Waals surface area contributed by atoms with Gasteiger partial charge in [0.05, 0.1) is 12.9 Å². The number of imidazole rings is 1. The Balaban J connectivity index is 1.74. The fourth-order valence-electron chi connectivity index (χ4n) is 2.70. The van der Waals surface area contributed by atoms with Crippen LogP contribution in [0.2, 0.25) is 0 Å². The van der Waals surface area contributed by atoms with Gasteiger partial charge in [0, 0.05) is 17.2 Å². The smallest absolute Gasteiger partial charge is 0.251 e. The minimum atomic E-state index is -1.34. The number of carbonyl (C=O) groups is 1. The van der Waals surface area contributed by atoms with Crippen molar-refractivity contribution in [3.05, 3.63) is 46.1 Å². The molecule has 3 rings (SSSR count). The summed E-state index contributed by atoms with van der Waals surface area (Å²) < 4.78 is 8.24. The molecule has 0 radical (unpaired) electrons. The SMILES string of the molecule is CNC(=O)[C@@H](OCn1cnc2c(NCc3cccc(I)c3)ncnc21)C(O)CO. The summed E-state index contributed by atoms with van der Waals surface area (Å²) in [5.74, 6) is 0.0382. The maximum absolute atomic E-state index is 11.9. The molecule has 1 aromatic carbocycles. The second-order valence-corrected chi connectivity index (χ2v) is 7.42. The zero-order valence-electron chi connectivity index (χ0n) is 15.6. The molecular formula is C18H21IN6O4. The number of fused-ring (bicyclic) bond motifs is 1. The van der Waals surface area contributed by atoms with Crippen LogP contribution in [0.4, 0.5) is 5.82 Å². The molecule has 0 bridgehead atoms. The van der Waals surface area contributed by atoms with Crippen molar-refractivity contribution in [2.75, 3.05) is 19.0 Å². The van der Waals surface area contributed by atoms with Crippen molar-refractivity contribution in [2.45, 2.75) is 25.5 Å². The minimum Gasteiger partial charge on any atom is -0.394 e. The summed E-state index contributed by atoms with van der Waals surface area (Å²) in [5.41, 5.74) is 2.18. The minimum absolute atomic E-state index is 0.0843. The van der Waals surface area contributed by atoms with E-state index in [4.69, 9.17) is 9.84 Å². The highest BCUT2D eigenvalue weighted by atomic mass is 127. The number of nitrogens with zero attached hydrogens (tertiary/aromatic N) is 4. The molecule has 11 heteroatoms. The van der Waals surface area contributed by atoms with Gasteiger partial charge < -0.3 is 25.6 Å². The number of likely N-dealkylation sites (N-methyl/N-ethyl adjacent to an activating group) is 1. The van der Waals surface area contributed by atoms with Crippen molar-refractivity contribution in [1.29, 1.82) is 0 Å². The molecule has 0 aliphatic heterocycles. The third kappa shape index (κ3) is 5.18. The van der Waals surface area contributed by atoms with Gasteiger partial charge in [0.15, 0.2) is 23.1 Å². The van der Waals surface area contributed by atoms with Gasteiger partial charge in [-0.1, -0.05) is 12.1 Å². The molecule has 2 aromatic heterocycles. The van der Waals surface area contributed by atoms with E-state index < -0.39 is 24.7 Å². The molecule has 29 heavy (non-hydrogen) atoms. The Morgan fingerprint density at radius 2 is 2.17 bits per heavy atom. The number of anilines is 1. The normalized spacial score (nSPS) is 13.2. The maximum atomic E-state index is 11.9. The Morgan fingerprint density at radius 1 is 1.34 bits per heavy atom. The molecule has 3 aromatic rings. The summed E-state index contributed by atoms with van der Waals surface area (Å²) in [5, 5.41) is 24.6. The molecule has 2 atom stereocenters. The number of amides is 1. The number of hydrogen-bond acceptors (Lipinski definition) is 8. The number of halogens is 1. The van der Waals surface area contributed by atoms with Crippen LogP contribution in [0, 0.1) is 3.57 Å². The van der Waals surface area contributed by atoms with Gasteiger partial charge >= 0.3 is 0 Å². The molecule has 0 fully saturated rings. The van der Waals surface area contributed by atoms with E-state index in [9.17, 15) is 9.90 Å². The third-order valence-electron chi connectivity index (χ3n) is 4.18. The summed E-state index contributed by atoms with van der Waals surface area (Å²) in [6, 6.07) is 8.10. The molecular weight excluding hydrogens is 491 g/mol. The van der Waals surface area contributed by atoms with Gasteiger partial charge in [0.2, 0.25) is 0 Å². The Kier molecular flexibility index (Phi) is 7.30. The average Bonchev–Trinajstić information content (AvgIpc) is 3.15. The molecule has 2 heterocycles. The molecule has 0 saturated heterocycles. The van der Waals surface area contributed by atoms with Gasteiger partial charge in [-0.25, -0.2) is 15.0 Å². The maximum Gasteiger partial charge on any atom is 0.251 e. The van der Waals surface area contributed by atoms with Crippen molar-refractivity contribution in [3.63, 3.8) is 0 Å². The Morgan fingerprint density at radius 3 is 2.90 bits per heavy atom. The fraction of sp³-hybridized carbons (Fsp3) is 0.333. The van der Waals surface area contributed by atoms with Gasteiger partial charge in [0.25, 0.3) is 5.91 Å². The molecule has 0 aliphatic rings. The van der Waals surface area contributed by atoms with Crippen LogP contribution in [0.15, 0.2) is 36.9 Å². The van der Waals surface area contributed by atoms with Crippen LogP contribution in [0.25, 0.3) is 11.2 Å². The summed E-state index contributed by atoms with van der Waals surface area (Å²) in [6.07, 6.45) is 0.367. The van der Waals surface area contributed by atoms with Gasteiger partial charge in [-0.2, -0.15) is 0 Å². The zero-order chi connectivity index (χ0) is 20.8. The second kappa shape index (κ2) is 9.91. The summed E-state index contributed by atoms with van der Waals surface area (Å²) in [7, 11) is 1.42. The van der Waals surface area contributed by atoms with E-state index in [1.54, 1.807) is 4.57 Å². The lowest BCUT2D eigenvalue weighted by molar-refractivity contribution is -0.146. The first-order chi connectivity index (χ1) is 14.0. The molecule has 0 spiro atoms. The topological polar surface area (TPSA) is 134 Å². The van der Waals surface area contributed by atoms with Crippen LogP contribution in [0.3, 0.4) is 0 Å². The Bertz CT molecular complexity index is 982. The summed E-state index contributed by atoms with van der Waals surface area (Å²) in [6.45, 7) is -0.107. The van der Waals surface area contributed by atoms with Crippen molar-refractivity contribution in [2.24, 2.45) is 0 Å². The molecule has 1 unspecified atom stereocenters. The fourth-order valence-corrected chi connectivity index (χ4v) is 3.30. The van der Waals surface area contributed by atoms with Gasteiger partial charge in [0.1, 0.15) is 19.2 Å². The third-order valence-corrected chi connectivity index (χ3v) is 4.86. The predicted molar refractivity (Wildman–Crippen MR) is 114 cm³/mol. The number of benzene rings is 1. The lowest BCUT2D eigenvalue weighted by atomic mass is 10.2. The molecule has 10 nitrogen and oxygen atoms in total. The van der Waals surface area contributed by atoms with Crippen LogP contribution in [-0.2, 0) is 22.8 Å². The number of aliphatic hydroxyl groups excluding tert-OH is 2. The van der Waals surface area contributed by atoms with Crippen molar-refractivity contribution >= 4 is 45.5 Å². The van der Waals surface area contributed by atoms with E-state index in [0.717, 1.165) is 9.13 Å². The lowest BCUT2D eigenvalue weighted by Crippen LogP contribution is -2.44. The van der Waals surface area contributed by atoms with Gasteiger partial charge in [-0.3, -0.25) is 9.36 Å². The number of hydrogen-bond donors (Lipinski definition) is 4. The number of nitrogens with one attached hydrogen (secondary N) is 2. The number of rotatable bonds is 9. The first-order valence-electron chi connectivity index (χ1n) is 8.79. The van der Waals surface area contributed by atoms with Crippen LogP contribution in [0.5, 0.6) is 0 Å². The predicted octanol–water partition coefficient (Wildman–Crippen LogP) is 0.485. The molecule has 0 saturated carbocycles. The van der Waals surface area contributed by atoms with Crippen LogP contribution in [-0.4, -0.2) is 61.5 Å². The van der Waals surface area contributed by atoms with Crippen molar-refractivity contribution < 1.29 is 19.7 Å². The van der Waals surface area contributed by atoms with E-state index >= 15 is 0 Å². The highest BCUT2D eigenvalue weighted by molar-refractivity contribution is 14.1. The van der Waals surface area contributed by atoms with E-state index in [-0.39, 0.29) is 6.73 Å². The monoisotopic (exact) mass is 512 g/mol. The van der Waals surface area contributed by atoms with Gasteiger partial charge in [-0.05, 0) is 40.3 Å². The second-order valence-electron chi connectivity index (χ2n) is 6.17. The first-order valence-corrected chi connectivity index (χ1v) is 9.87. The van der Waals surface area contributed by atoms with E-state index in [1.165, 1.54) is 19.7 Å². The highest BCUT2D eigenvalue weighted by Gasteiger charge is 2.26. The average molecular weight is 512 g/mol. The lowest BCUT2D eigenvalue weighted by Gasteiger charge is -2.20. The molecule has 4 N–H and O–H groups in total. The summed E-state index contributed by atoms with van der Waals surface area (Å²) >= 11 is 2.26. The summed E-state index contributed by atoms with van der Waals surface area (Å²) in [4.78, 5) is 24.7. The highest BCUT2D eigenvalue weighted by Crippen LogP contribution is 2.19. The first kappa shape index (κ1) is 21.4. The molecule has 1 amide bonds. The van der Waals surface area contributed by atoms with Crippen LogP contribution < -0.4 is 10.6 Å². The number of aliphatic hydroxyl groups is 2. The Labute approximate surface area is 180 Å². The van der Waals surface area contributed by atoms with Crippen LogP contribution >= 0.6 is 22.6 Å². The molecule has 0 aliphatic carbocycles. The van der Waals surface area contributed by atoms with E-state index in [1.807, 2.05) is 18.2 Å². The van der Waals surface area contributed by atoms with Crippen molar-refractivity contribution in [1.82, 2.24) is 24.8 Å². The molecule has 154 valence electrons. The Hall–Kier alpha value is -2.35. The van der Waals surface area contributed by atoms with Crippen molar-refractivity contribution in [3.8, 4) is 0 Å². The largest absolute Gasteiger partial charge is 0.394 e. The standard InChI is InChI=1S/C18H21IN6O4/c1-20-18(28)15(13(27)7-26)29-10-25-9-24-14-16(22-8-23-17(14)25)21-6-11-3-2-4-12(19)5-11/h2-5,8-9,13,15,26-27H,6-7,10H2,1H3,(H,20,28)(H,21,22,23)/t13?,15-/m0/s1. The van der Waals surface area contributed by atoms with E-state index in [0.29, 0.717) is 23.5 Å². The zero-order valence-corrected chi connectivity index (χ0v) is 17.8. The van der Waals surface area contributed by atoms with Gasteiger partial charge in [-0.15, -0.1) is 0 Å². The van der Waals surface area contributed by atoms with E-state index in [2.05, 4.69) is 54.2 Å². The number of ether oxygens (including phenoxy) is 1. The number of carbonyl (C=O) groups excluding carboxylic acids is 1. The quantitative estimate of drug-likeness (QED) is 0.305.